The van der Waals surface area contributed by atoms with E-state index in [0.29, 0.717) is 21.3 Å². The van der Waals surface area contributed by atoms with Gasteiger partial charge in [-0.15, -0.1) is 0 Å². The first-order valence-corrected chi connectivity index (χ1v) is 11.2. The van der Waals surface area contributed by atoms with Crippen LogP contribution in [0.5, 0.6) is 5.75 Å². The lowest BCUT2D eigenvalue weighted by molar-refractivity contribution is -0.386. The number of benzene rings is 3. The first-order chi connectivity index (χ1) is 16.8. The van der Waals surface area contributed by atoms with Gasteiger partial charge < -0.3 is 9.84 Å². The summed E-state index contributed by atoms with van der Waals surface area (Å²) in [6.45, 7) is 0.189. The molecule has 0 aliphatic carbocycles. The Morgan fingerprint density at radius 2 is 1.86 bits per heavy atom. The van der Waals surface area contributed by atoms with Gasteiger partial charge in [0.1, 0.15) is 6.61 Å². The molecule has 3 aromatic carbocycles. The number of nitro benzene ring substituents is 1. The molecule has 1 saturated heterocycles. The fraction of sp³-hybridized carbons (Fsp3) is 0.0800. The van der Waals surface area contributed by atoms with Crippen molar-refractivity contribution >= 4 is 46.3 Å². The van der Waals surface area contributed by atoms with Crippen LogP contribution < -0.4 is 4.74 Å². The fourth-order valence-electron chi connectivity index (χ4n) is 3.22. The molecule has 0 unspecified atom stereocenters. The normalized spacial score (nSPS) is 15.6. The molecule has 35 heavy (non-hydrogen) atoms. The van der Waals surface area contributed by atoms with Gasteiger partial charge in [0, 0.05) is 13.1 Å². The highest BCUT2D eigenvalue weighted by Crippen LogP contribution is 2.35. The number of carbonyl (C=O) groups is 2. The third-order valence-electron chi connectivity index (χ3n) is 5.06. The van der Waals surface area contributed by atoms with E-state index in [1.807, 2.05) is 30.3 Å². The van der Waals surface area contributed by atoms with Gasteiger partial charge in [0.15, 0.2) is 10.9 Å². The smallest absolute Gasteiger partial charge is 0.335 e. The van der Waals surface area contributed by atoms with Crippen molar-refractivity contribution in [1.29, 1.82) is 0 Å². The number of hydrogen-bond acceptors (Lipinski definition) is 7. The van der Waals surface area contributed by atoms with Gasteiger partial charge in [-0.25, -0.2) is 9.79 Å². The number of amides is 1. The molecule has 3 aromatic rings. The van der Waals surface area contributed by atoms with Crippen molar-refractivity contribution in [3.05, 3.63) is 105 Å². The Labute approximate surface area is 204 Å². The number of thioether (sulfide) groups is 1. The summed E-state index contributed by atoms with van der Waals surface area (Å²) >= 11 is 1.12. The van der Waals surface area contributed by atoms with Gasteiger partial charge in [0.05, 0.1) is 21.1 Å². The minimum absolute atomic E-state index is 0.135. The zero-order valence-electron chi connectivity index (χ0n) is 18.5. The second-order valence-electron chi connectivity index (χ2n) is 7.48. The predicted octanol–water partition coefficient (Wildman–Crippen LogP) is 5.11. The maximum Gasteiger partial charge on any atom is 0.335 e. The summed E-state index contributed by atoms with van der Waals surface area (Å²) in [5.74, 6) is -1.21. The summed E-state index contributed by atoms with van der Waals surface area (Å²) in [5.41, 5.74) is 1.78. The third-order valence-corrected chi connectivity index (χ3v) is 6.12. The van der Waals surface area contributed by atoms with E-state index < -0.39 is 10.9 Å². The van der Waals surface area contributed by atoms with Crippen LogP contribution in [0.25, 0.3) is 6.08 Å². The Balaban J connectivity index is 1.55. The van der Waals surface area contributed by atoms with Gasteiger partial charge in [0.2, 0.25) is 0 Å². The Morgan fingerprint density at radius 3 is 2.51 bits per heavy atom. The van der Waals surface area contributed by atoms with Crippen molar-refractivity contribution in [2.24, 2.45) is 4.99 Å². The van der Waals surface area contributed by atoms with E-state index >= 15 is 0 Å². The first kappa shape index (κ1) is 23.7. The maximum atomic E-state index is 12.7. The fourth-order valence-corrected chi connectivity index (χ4v) is 4.20. The lowest BCUT2D eigenvalue weighted by Gasteiger charge is -2.08. The minimum Gasteiger partial charge on any atom is -0.482 e. The number of nitrogens with zero attached hydrogens (tertiary/aromatic N) is 3. The molecule has 0 saturated carbocycles. The molecule has 1 amide bonds. The Kier molecular flexibility index (Phi) is 6.93. The summed E-state index contributed by atoms with van der Waals surface area (Å²) in [6.07, 6.45) is 1.56. The molecule has 1 aliphatic rings. The molecule has 0 radical (unpaired) electrons. The van der Waals surface area contributed by atoms with Gasteiger partial charge in [-0.1, -0.05) is 36.4 Å². The molecule has 0 atom stereocenters. The second-order valence-corrected chi connectivity index (χ2v) is 8.49. The second kappa shape index (κ2) is 10.2. The zero-order valence-corrected chi connectivity index (χ0v) is 19.3. The summed E-state index contributed by atoms with van der Waals surface area (Å²) in [5, 5.41) is 21.0. The van der Waals surface area contributed by atoms with E-state index in [1.165, 1.54) is 29.2 Å². The standard InChI is InChI=1S/C25H19N3O6S/c1-27-23(29)22(35-25(27)26-19-10-8-18(9-11-19)24(30)31)14-17-7-12-21(20(13-17)28(32)33)34-15-16-5-3-2-4-6-16/h2-14H,15H2,1H3,(H,30,31)/b22-14+,26-25?. The van der Waals surface area contributed by atoms with Gasteiger partial charge in [0.25, 0.3) is 5.91 Å². The van der Waals surface area contributed by atoms with E-state index in [0.717, 1.165) is 17.3 Å². The first-order valence-electron chi connectivity index (χ1n) is 10.4. The average Bonchev–Trinajstić information content (AvgIpc) is 3.11. The van der Waals surface area contributed by atoms with Crippen LogP contribution in [0.2, 0.25) is 0 Å². The predicted molar refractivity (Wildman–Crippen MR) is 133 cm³/mol. The molecule has 1 fully saturated rings. The highest BCUT2D eigenvalue weighted by molar-refractivity contribution is 8.18. The quantitative estimate of drug-likeness (QED) is 0.278. The number of carboxylic acids is 1. The van der Waals surface area contributed by atoms with E-state index in [4.69, 9.17) is 9.84 Å². The van der Waals surface area contributed by atoms with E-state index in [2.05, 4.69) is 4.99 Å². The molecule has 4 rings (SSSR count). The highest BCUT2D eigenvalue weighted by atomic mass is 32.2. The van der Waals surface area contributed by atoms with Gasteiger partial charge in [-0.2, -0.15) is 0 Å². The van der Waals surface area contributed by atoms with E-state index in [9.17, 15) is 19.7 Å². The summed E-state index contributed by atoms with van der Waals surface area (Å²) in [4.78, 5) is 41.0. The minimum atomic E-state index is -1.04. The van der Waals surface area contributed by atoms with Crippen LogP contribution in [0.3, 0.4) is 0 Å². The number of aliphatic imine (C=N–C) groups is 1. The SMILES string of the molecule is CN1C(=O)/C(=C\c2ccc(OCc3ccccc3)c([N+](=O)[O-])c2)SC1=Nc1ccc(C(=O)O)cc1. The molecule has 1 aliphatic heterocycles. The summed E-state index contributed by atoms with van der Waals surface area (Å²) in [7, 11) is 1.57. The van der Waals surface area contributed by atoms with Crippen LogP contribution >= 0.6 is 11.8 Å². The lowest BCUT2D eigenvalue weighted by Crippen LogP contribution is -2.23. The van der Waals surface area contributed by atoms with Crippen molar-refractivity contribution < 1.29 is 24.4 Å². The Bertz CT molecular complexity index is 1350. The molecule has 9 nitrogen and oxygen atoms in total. The van der Waals surface area contributed by atoms with Gasteiger partial charge in [-0.3, -0.25) is 19.8 Å². The van der Waals surface area contributed by atoms with Gasteiger partial charge >= 0.3 is 11.7 Å². The average molecular weight is 490 g/mol. The lowest BCUT2D eigenvalue weighted by atomic mass is 10.1. The molecule has 0 bridgehead atoms. The number of rotatable bonds is 7. The molecule has 1 N–H and O–H groups in total. The Hall–Kier alpha value is -4.44. The monoisotopic (exact) mass is 489 g/mol. The molecule has 10 heteroatoms. The third kappa shape index (κ3) is 5.56. The van der Waals surface area contributed by atoms with Crippen LogP contribution in [0, 0.1) is 10.1 Å². The van der Waals surface area contributed by atoms with Crippen molar-refractivity contribution in [1.82, 2.24) is 4.90 Å². The van der Waals surface area contributed by atoms with E-state index in [1.54, 1.807) is 31.3 Å². The van der Waals surface area contributed by atoms with Crippen molar-refractivity contribution in [3.8, 4) is 5.75 Å². The largest absolute Gasteiger partial charge is 0.482 e. The maximum absolute atomic E-state index is 12.7. The van der Waals surface area contributed by atoms with Crippen molar-refractivity contribution in [2.75, 3.05) is 7.05 Å². The van der Waals surface area contributed by atoms with E-state index in [-0.39, 0.29) is 29.5 Å². The molecular weight excluding hydrogens is 470 g/mol. The summed E-state index contributed by atoms with van der Waals surface area (Å²) < 4.78 is 5.66. The van der Waals surface area contributed by atoms with Gasteiger partial charge in [-0.05, 0) is 59.3 Å². The number of carboxylic acid groups (broad SMARTS) is 1. The van der Waals surface area contributed by atoms with Crippen LogP contribution in [-0.2, 0) is 11.4 Å². The molecule has 0 spiro atoms. The topological polar surface area (TPSA) is 122 Å². The zero-order chi connectivity index (χ0) is 24.9. The van der Waals surface area contributed by atoms with Crippen LogP contribution in [0.1, 0.15) is 21.5 Å². The number of nitro groups is 1. The number of likely N-dealkylation sites (N-methyl/N-ethyl adjacent to an activating group) is 1. The molecule has 0 aromatic heterocycles. The Morgan fingerprint density at radius 1 is 1.14 bits per heavy atom. The number of amidine groups is 1. The van der Waals surface area contributed by atoms with Crippen molar-refractivity contribution in [2.45, 2.75) is 6.61 Å². The number of carbonyl (C=O) groups excluding carboxylic acids is 1. The molecular formula is C25H19N3O6S. The van der Waals surface area contributed by atoms with Crippen LogP contribution in [-0.4, -0.2) is 39.0 Å². The number of aromatic carboxylic acids is 1. The van der Waals surface area contributed by atoms with Crippen molar-refractivity contribution in [3.63, 3.8) is 0 Å². The summed E-state index contributed by atoms with van der Waals surface area (Å²) in [6, 6.07) is 19.8. The van der Waals surface area contributed by atoms with Crippen LogP contribution in [0.15, 0.2) is 82.7 Å². The highest BCUT2D eigenvalue weighted by Gasteiger charge is 2.30. The molecule has 1 heterocycles. The number of ether oxygens (including phenoxy) is 1. The van der Waals surface area contributed by atoms with Crippen LogP contribution in [0.4, 0.5) is 11.4 Å². The number of hydrogen-bond donors (Lipinski definition) is 1. The molecule has 176 valence electrons.